The van der Waals surface area contributed by atoms with Gasteiger partial charge in [-0.3, -0.25) is 0 Å². The fraction of sp³-hybridized carbons (Fsp3) is 1.00. The first-order valence-electron chi connectivity index (χ1n) is 7.42. The third-order valence-electron chi connectivity index (χ3n) is 4.48. The number of hydrogen-bond acceptors (Lipinski definition) is 1. The molecule has 0 aromatic heterocycles. The van der Waals surface area contributed by atoms with E-state index in [1.165, 1.54) is 51.4 Å². The lowest BCUT2D eigenvalue weighted by atomic mass is 9.74. The van der Waals surface area contributed by atoms with E-state index in [-0.39, 0.29) is 0 Å². The highest BCUT2D eigenvalue weighted by molar-refractivity contribution is 4.82. The van der Waals surface area contributed by atoms with Crippen LogP contribution in [-0.2, 0) is 0 Å². The van der Waals surface area contributed by atoms with Crippen LogP contribution in [0.2, 0.25) is 0 Å². The van der Waals surface area contributed by atoms with Crippen LogP contribution in [0.25, 0.3) is 0 Å². The summed E-state index contributed by atoms with van der Waals surface area (Å²) in [6.07, 6.45) is 10.9. The van der Waals surface area contributed by atoms with Crippen molar-refractivity contribution >= 4 is 0 Å². The fourth-order valence-corrected chi connectivity index (χ4v) is 3.20. The molecule has 1 nitrogen and oxygen atoms in total. The van der Waals surface area contributed by atoms with E-state index in [4.69, 9.17) is 5.73 Å². The first-order chi connectivity index (χ1) is 7.67. The highest BCUT2D eigenvalue weighted by atomic mass is 14.7. The van der Waals surface area contributed by atoms with Gasteiger partial charge < -0.3 is 5.73 Å². The van der Waals surface area contributed by atoms with Gasteiger partial charge >= 0.3 is 0 Å². The summed E-state index contributed by atoms with van der Waals surface area (Å²) in [5.41, 5.74) is 6.27. The Bertz CT molecular complexity index is 178. The molecule has 1 aliphatic rings. The lowest BCUT2D eigenvalue weighted by Gasteiger charge is -2.34. The van der Waals surface area contributed by atoms with Crippen LogP contribution < -0.4 is 5.73 Å². The topological polar surface area (TPSA) is 26.0 Å². The molecule has 0 spiro atoms. The smallest absolute Gasteiger partial charge is 0.00674 e. The highest BCUT2D eigenvalue weighted by Crippen LogP contribution is 2.34. The van der Waals surface area contributed by atoms with Crippen molar-refractivity contribution in [3.63, 3.8) is 0 Å². The van der Waals surface area contributed by atoms with E-state index >= 15 is 0 Å². The minimum atomic E-state index is 0.492. The molecule has 1 heteroatoms. The van der Waals surface area contributed by atoms with E-state index in [1.54, 1.807) is 0 Å². The summed E-state index contributed by atoms with van der Waals surface area (Å²) in [6.45, 7) is 7.03. The molecule has 0 saturated heterocycles. The summed E-state index contributed by atoms with van der Waals surface area (Å²) in [5, 5.41) is 0. The molecule has 1 aliphatic carbocycles. The fourth-order valence-electron chi connectivity index (χ4n) is 3.20. The van der Waals surface area contributed by atoms with E-state index < -0.39 is 0 Å². The number of unbranched alkanes of at least 4 members (excludes halogenated alkanes) is 1. The molecular formula is C15H31N. The van der Waals surface area contributed by atoms with Crippen molar-refractivity contribution in [3.8, 4) is 0 Å². The third-order valence-corrected chi connectivity index (χ3v) is 4.48. The maximum absolute atomic E-state index is 6.27. The molecule has 16 heavy (non-hydrogen) atoms. The van der Waals surface area contributed by atoms with Gasteiger partial charge in [-0.15, -0.1) is 0 Å². The van der Waals surface area contributed by atoms with E-state index in [9.17, 15) is 0 Å². The van der Waals surface area contributed by atoms with Crippen molar-refractivity contribution in [1.29, 1.82) is 0 Å². The van der Waals surface area contributed by atoms with Crippen molar-refractivity contribution in [2.75, 3.05) is 0 Å². The second-order valence-corrected chi connectivity index (χ2v) is 5.99. The monoisotopic (exact) mass is 225 g/mol. The first-order valence-corrected chi connectivity index (χ1v) is 7.42. The average molecular weight is 225 g/mol. The maximum atomic E-state index is 6.27. The normalized spacial score (nSPS) is 32.6. The van der Waals surface area contributed by atoms with Crippen LogP contribution in [0.15, 0.2) is 0 Å². The molecule has 1 rings (SSSR count). The van der Waals surface area contributed by atoms with Gasteiger partial charge in [-0.1, -0.05) is 46.5 Å². The summed E-state index contributed by atoms with van der Waals surface area (Å²) in [4.78, 5) is 0. The Hall–Kier alpha value is -0.0400. The van der Waals surface area contributed by atoms with Crippen molar-refractivity contribution in [1.82, 2.24) is 0 Å². The molecule has 1 saturated carbocycles. The van der Waals surface area contributed by atoms with Gasteiger partial charge in [0.2, 0.25) is 0 Å². The Morgan fingerprint density at radius 1 is 1.25 bits per heavy atom. The highest BCUT2D eigenvalue weighted by Gasteiger charge is 2.27. The van der Waals surface area contributed by atoms with E-state index in [0.29, 0.717) is 6.04 Å². The van der Waals surface area contributed by atoms with Gasteiger partial charge in [-0.25, -0.2) is 0 Å². The standard InChI is InChI=1S/C15H31N/c1-4-6-7-13(5-2)11-14-10-12(3)8-9-15(14)16/h12-15H,4-11,16H2,1-3H3. The van der Waals surface area contributed by atoms with Gasteiger partial charge in [0.15, 0.2) is 0 Å². The zero-order valence-electron chi connectivity index (χ0n) is 11.5. The Morgan fingerprint density at radius 2 is 2.00 bits per heavy atom. The van der Waals surface area contributed by atoms with Crippen molar-refractivity contribution < 1.29 is 0 Å². The minimum Gasteiger partial charge on any atom is -0.327 e. The predicted molar refractivity (Wildman–Crippen MR) is 72.4 cm³/mol. The molecule has 0 aliphatic heterocycles. The first kappa shape index (κ1) is 14.0. The second-order valence-electron chi connectivity index (χ2n) is 5.99. The summed E-state index contributed by atoms with van der Waals surface area (Å²) < 4.78 is 0. The Kier molecular flexibility index (Phi) is 6.41. The van der Waals surface area contributed by atoms with Crippen LogP contribution in [0.3, 0.4) is 0 Å². The van der Waals surface area contributed by atoms with E-state index in [2.05, 4.69) is 20.8 Å². The van der Waals surface area contributed by atoms with Gasteiger partial charge in [-0.2, -0.15) is 0 Å². The van der Waals surface area contributed by atoms with Crippen LogP contribution in [0, 0.1) is 17.8 Å². The summed E-state index contributed by atoms with van der Waals surface area (Å²) in [5.74, 6) is 2.65. The van der Waals surface area contributed by atoms with Crippen LogP contribution in [0.5, 0.6) is 0 Å². The average Bonchev–Trinajstić information content (AvgIpc) is 2.28. The molecule has 4 atom stereocenters. The van der Waals surface area contributed by atoms with Gasteiger partial charge in [0, 0.05) is 6.04 Å². The van der Waals surface area contributed by atoms with Gasteiger partial charge in [-0.05, 0) is 43.4 Å². The Balaban J connectivity index is 2.36. The quantitative estimate of drug-likeness (QED) is 0.714. The second kappa shape index (κ2) is 7.32. The van der Waals surface area contributed by atoms with Crippen LogP contribution in [0.1, 0.15) is 72.1 Å². The number of rotatable bonds is 6. The minimum absolute atomic E-state index is 0.492. The lowest BCUT2D eigenvalue weighted by Crippen LogP contribution is -2.36. The van der Waals surface area contributed by atoms with Crippen molar-refractivity contribution in [2.45, 2.75) is 78.2 Å². The molecule has 0 aromatic rings. The summed E-state index contributed by atoms with van der Waals surface area (Å²) in [7, 11) is 0. The molecule has 2 N–H and O–H groups in total. The van der Waals surface area contributed by atoms with E-state index in [0.717, 1.165) is 17.8 Å². The summed E-state index contributed by atoms with van der Waals surface area (Å²) >= 11 is 0. The SMILES string of the molecule is CCCCC(CC)CC1CC(C)CCC1N. The molecule has 96 valence electrons. The van der Waals surface area contributed by atoms with Crippen LogP contribution in [-0.4, -0.2) is 6.04 Å². The number of nitrogens with two attached hydrogens (primary N) is 1. The molecule has 1 fully saturated rings. The van der Waals surface area contributed by atoms with Gasteiger partial charge in [0.1, 0.15) is 0 Å². The summed E-state index contributed by atoms with van der Waals surface area (Å²) in [6, 6.07) is 0.492. The molecule has 0 heterocycles. The number of hydrogen-bond donors (Lipinski definition) is 1. The maximum Gasteiger partial charge on any atom is 0.00674 e. The van der Waals surface area contributed by atoms with E-state index in [1.807, 2.05) is 0 Å². The molecular weight excluding hydrogens is 194 g/mol. The van der Waals surface area contributed by atoms with Crippen molar-refractivity contribution in [2.24, 2.45) is 23.5 Å². The van der Waals surface area contributed by atoms with Gasteiger partial charge in [0.05, 0.1) is 0 Å². The Labute approximate surface area is 102 Å². The largest absolute Gasteiger partial charge is 0.327 e. The molecule has 0 radical (unpaired) electrons. The zero-order valence-corrected chi connectivity index (χ0v) is 11.5. The Morgan fingerprint density at radius 3 is 2.62 bits per heavy atom. The molecule has 0 aromatic carbocycles. The zero-order chi connectivity index (χ0) is 12.0. The molecule has 0 amide bonds. The third kappa shape index (κ3) is 4.45. The van der Waals surface area contributed by atoms with Crippen molar-refractivity contribution in [3.05, 3.63) is 0 Å². The predicted octanol–water partition coefficient (Wildman–Crippen LogP) is 4.36. The molecule has 4 unspecified atom stereocenters. The van der Waals surface area contributed by atoms with Crippen LogP contribution >= 0.6 is 0 Å². The van der Waals surface area contributed by atoms with Crippen LogP contribution in [0.4, 0.5) is 0 Å². The van der Waals surface area contributed by atoms with Gasteiger partial charge in [0.25, 0.3) is 0 Å². The lowest BCUT2D eigenvalue weighted by molar-refractivity contribution is 0.200. The molecule has 0 bridgehead atoms.